The number of hydrogen-bond acceptors (Lipinski definition) is 2. The van der Waals surface area contributed by atoms with Crippen LogP contribution in [0.1, 0.15) is 17.9 Å². The summed E-state index contributed by atoms with van der Waals surface area (Å²) in [6.45, 7) is 0.783. The van der Waals surface area contributed by atoms with Gasteiger partial charge >= 0.3 is 0 Å². The van der Waals surface area contributed by atoms with Gasteiger partial charge in [0.15, 0.2) is 11.6 Å². The molecule has 1 aliphatic carbocycles. The summed E-state index contributed by atoms with van der Waals surface area (Å²) in [4.78, 5) is 11.6. The minimum absolute atomic E-state index is 0.135. The van der Waals surface area contributed by atoms with E-state index in [0.29, 0.717) is 19.5 Å². The van der Waals surface area contributed by atoms with E-state index in [1.165, 1.54) is 12.1 Å². The van der Waals surface area contributed by atoms with Gasteiger partial charge in [-0.15, -0.1) is 0 Å². The molecule has 1 fully saturated rings. The Balaban J connectivity index is 2.03. The molecule has 5 heteroatoms. The first-order valence-electron chi connectivity index (χ1n) is 5.57. The normalized spacial score (nSPS) is 22.3. The van der Waals surface area contributed by atoms with E-state index < -0.39 is 11.6 Å². The van der Waals surface area contributed by atoms with Crippen molar-refractivity contribution in [2.24, 2.45) is 11.7 Å². The third-order valence-electron chi connectivity index (χ3n) is 2.95. The summed E-state index contributed by atoms with van der Waals surface area (Å²) >= 11 is 0. The average molecular weight is 240 g/mol. The maximum absolute atomic E-state index is 13.5. The zero-order valence-electron chi connectivity index (χ0n) is 9.25. The number of rotatable bonds is 4. The van der Waals surface area contributed by atoms with Gasteiger partial charge in [-0.25, -0.2) is 8.78 Å². The van der Waals surface area contributed by atoms with Crippen molar-refractivity contribution in [3.63, 3.8) is 0 Å². The van der Waals surface area contributed by atoms with E-state index in [1.54, 1.807) is 0 Å². The van der Waals surface area contributed by atoms with Gasteiger partial charge in [-0.2, -0.15) is 0 Å². The largest absolute Gasteiger partial charge is 0.355 e. The molecule has 0 saturated heterocycles. The Kier molecular flexibility index (Phi) is 3.38. The summed E-state index contributed by atoms with van der Waals surface area (Å²) in [6.07, 6.45) is 0.566. The lowest BCUT2D eigenvalue weighted by molar-refractivity contribution is -0.122. The van der Waals surface area contributed by atoms with Crippen LogP contribution in [0.25, 0.3) is 0 Å². The summed E-state index contributed by atoms with van der Waals surface area (Å²) in [5.41, 5.74) is 5.55. The molecule has 2 rings (SSSR count). The van der Waals surface area contributed by atoms with Crippen molar-refractivity contribution < 1.29 is 13.6 Å². The van der Waals surface area contributed by atoms with Crippen molar-refractivity contribution in [3.8, 4) is 0 Å². The number of halogens is 2. The van der Waals surface area contributed by atoms with Crippen LogP contribution in [0.4, 0.5) is 8.78 Å². The molecule has 2 atom stereocenters. The minimum atomic E-state index is -0.865. The minimum Gasteiger partial charge on any atom is -0.355 e. The molecular weight excluding hydrogens is 226 g/mol. The molecule has 3 nitrogen and oxygen atoms in total. The highest BCUT2D eigenvalue weighted by molar-refractivity contribution is 5.82. The molecule has 1 aromatic carbocycles. The molecule has 92 valence electrons. The number of carbonyl (C=O) groups excluding carboxylic acids is 1. The molecule has 0 bridgehead atoms. The van der Waals surface area contributed by atoms with E-state index in [0.717, 1.165) is 6.07 Å². The summed E-state index contributed by atoms with van der Waals surface area (Å²) in [7, 11) is 0. The van der Waals surface area contributed by atoms with Crippen molar-refractivity contribution in [1.82, 2.24) is 5.32 Å². The highest BCUT2D eigenvalue weighted by Gasteiger charge is 2.45. The van der Waals surface area contributed by atoms with Crippen molar-refractivity contribution >= 4 is 5.91 Å². The predicted molar refractivity (Wildman–Crippen MR) is 59.3 cm³/mol. The number of nitrogens with two attached hydrogens (primary N) is 1. The SMILES string of the molecule is NCCNC(=O)C1CC1c1cccc(F)c1F. The highest BCUT2D eigenvalue weighted by Crippen LogP contribution is 2.48. The number of nitrogens with one attached hydrogen (secondary N) is 1. The number of benzene rings is 1. The molecule has 0 spiro atoms. The zero-order valence-corrected chi connectivity index (χ0v) is 9.25. The fourth-order valence-corrected chi connectivity index (χ4v) is 1.96. The number of carbonyl (C=O) groups is 1. The first-order valence-corrected chi connectivity index (χ1v) is 5.57. The van der Waals surface area contributed by atoms with Crippen LogP contribution in [-0.4, -0.2) is 19.0 Å². The van der Waals surface area contributed by atoms with E-state index in [-0.39, 0.29) is 23.3 Å². The highest BCUT2D eigenvalue weighted by atomic mass is 19.2. The molecule has 0 aliphatic heterocycles. The molecule has 0 heterocycles. The first kappa shape index (κ1) is 12.0. The second-order valence-electron chi connectivity index (χ2n) is 4.17. The lowest BCUT2D eigenvalue weighted by Gasteiger charge is -2.04. The van der Waals surface area contributed by atoms with Crippen molar-refractivity contribution in [1.29, 1.82) is 0 Å². The van der Waals surface area contributed by atoms with Crippen LogP contribution < -0.4 is 11.1 Å². The van der Waals surface area contributed by atoms with Gasteiger partial charge in [-0.1, -0.05) is 12.1 Å². The Morgan fingerprint density at radius 1 is 1.47 bits per heavy atom. The van der Waals surface area contributed by atoms with E-state index in [2.05, 4.69) is 5.32 Å². The van der Waals surface area contributed by atoms with Gasteiger partial charge in [0.2, 0.25) is 5.91 Å². The third-order valence-corrected chi connectivity index (χ3v) is 2.95. The Hall–Kier alpha value is -1.49. The number of hydrogen-bond donors (Lipinski definition) is 2. The van der Waals surface area contributed by atoms with Gasteiger partial charge in [0, 0.05) is 19.0 Å². The molecule has 1 amide bonds. The lowest BCUT2D eigenvalue weighted by Crippen LogP contribution is -2.30. The zero-order chi connectivity index (χ0) is 12.4. The Morgan fingerprint density at radius 3 is 2.94 bits per heavy atom. The molecule has 1 aromatic rings. The van der Waals surface area contributed by atoms with Gasteiger partial charge in [0.25, 0.3) is 0 Å². The van der Waals surface area contributed by atoms with Gasteiger partial charge < -0.3 is 11.1 Å². The molecule has 0 aromatic heterocycles. The van der Waals surface area contributed by atoms with Gasteiger partial charge in [-0.3, -0.25) is 4.79 Å². The lowest BCUT2D eigenvalue weighted by atomic mass is 10.1. The van der Waals surface area contributed by atoms with Crippen LogP contribution in [0.15, 0.2) is 18.2 Å². The first-order chi connectivity index (χ1) is 8.15. The summed E-state index contributed by atoms with van der Waals surface area (Å²) in [5.74, 6) is -2.30. The molecule has 1 aliphatic rings. The average Bonchev–Trinajstić information content (AvgIpc) is 3.09. The molecule has 3 N–H and O–H groups in total. The smallest absolute Gasteiger partial charge is 0.223 e. The van der Waals surface area contributed by atoms with Crippen molar-refractivity contribution in [3.05, 3.63) is 35.4 Å². The van der Waals surface area contributed by atoms with E-state index in [1.807, 2.05) is 0 Å². The van der Waals surface area contributed by atoms with Crippen molar-refractivity contribution in [2.45, 2.75) is 12.3 Å². The molecule has 2 unspecified atom stereocenters. The van der Waals surface area contributed by atoms with E-state index in [9.17, 15) is 13.6 Å². The van der Waals surface area contributed by atoms with Gasteiger partial charge in [0.1, 0.15) is 0 Å². The summed E-state index contributed by atoms with van der Waals surface area (Å²) < 4.78 is 26.5. The van der Waals surface area contributed by atoms with E-state index in [4.69, 9.17) is 5.73 Å². The summed E-state index contributed by atoms with van der Waals surface area (Å²) in [6, 6.07) is 4.06. The van der Waals surface area contributed by atoms with Crippen LogP contribution in [0.5, 0.6) is 0 Å². The Morgan fingerprint density at radius 2 is 2.24 bits per heavy atom. The topological polar surface area (TPSA) is 55.1 Å². The predicted octanol–water partition coefficient (Wildman–Crippen LogP) is 1.14. The van der Waals surface area contributed by atoms with Crippen LogP contribution in [-0.2, 0) is 4.79 Å². The van der Waals surface area contributed by atoms with Gasteiger partial charge in [-0.05, 0) is 24.0 Å². The van der Waals surface area contributed by atoms with Crippen molar-refractivity contribution in [2.75, 3.05) is 13.1 Å². The maximum Gasteiger partial charge on any atom is 0.223 e. The molecular formula is C12H14F2N2O. The Bertz CT molecular complexity index is 437. The quantitative estimate of drug-likeness (QED) is 0.829. The number of amides is 1. The fourth-order valence-electron chi connectivity index (χ4n) is 1.96. The van der Waals surface area contributed by atoms with Crippen LogP contribution in [0.2, 0.25) is 0 Å². The fraction of sp³-hybridized carbons (Fsp3) is 0.417. The molecule has 0 radical (unpaired) electrons. The second-order valence-corrected chi connectivity index (χ2v) is 4.17. The van der Waals surface area contributed by atoms with E-state index >= 15 is 0 Å². The maximum atomic E-state index is 13.5. The second kappa shape index (κ2) is 4.79. The van der Waals surface area contributed by atoms with Crippen LogP contribution in [0, 0.1) is 17.6 Å². The molecule has 17 heavy (non-hydrogen) atoms. The standard InChI is InChI=1S/C12H14F2N2O/c13-10-3-1-2-7(11(10)14)8-6-9(8)12(17)16-5-4-15/h1-3,8-9H,4-6,15H2,(H,16,17). The summed E-state index contributed by atoms with van der Waals surface area (Å²) in [5, 5.41) is 2.65. The monoisotopic (exact) mass is 240 g/mol. The Labute approximate surface area is 98.0 Å². The van der Waals surface area contributed by atoms with Crippen LogP contribution in [0.3, 0.4) is 0 Å². The molecule has 1 saturated carbocycles. The third kappa shape index (κ3) is 2.44. The van der Waals surface area contributed by atoms with Crippen LogP contribution >= 0.6 is 0 Å². The van der Waals surface area contributed by atoms with Gasteiger partial charge in [0.05, 0.1) is 0 Å².